The van der Waals surface area contributed by atoms with Crippen molar-refractivity contribution in [3.05, 3.63) is 64.2 Å². The summed E-state index contributed by atoms with van der Waals surface area (Å²) in [5, 5.41) is 8.59. The quantitative estimate of drug-likeness (QED) is 0.464. The lowest BCUT2D eigenvalue weighted by molar-refractivity contribution is -0.147. The van der Waals surface area contributed by atoms with Crippen LogP contribution in [0.25, 0.3) is 5.69 Å². The summed E-state index contributed by atoms with van der Waals surface area (Å²) in [5.41, 5.74) is 1.87. The van der Waals surface area contributed by atoms with Gasteiger partial charge in [-0.1, -0.05) is 23.7 Å². The molecule has 1 aromatic heterocycles. The third-order valence-corrected chi connectivity index (χ3v) is 5.58. The Morgan fingerprint density at radius 3 is 2.70 bits per heavy atom. The second-order valence-electron chi connectivity index (χ2n) is 7.24. The summed E-state index contributed by atoms with van der Waals surface area (Å²) in [6, 6.07) is 10.6. The van der Waals surface area contributed by atoms with Crippen LogP contribution in [0.1, 0.15) is 48.3 Å². The van der Waals surface area contributed by atoms with Gasteiger partial charge in [0.25, 0.3) is 0 Å². The number of carbonyl (C=O) groups is 1. The zero-order valence-corrected chi connectivity index (χ0v) is 19.1. The maximum Gasteiger partial charge on any atom is 0.308 e. The second kappa shape index (κ2) is 9.76. The van der Waals surface area contributed by atoms with Crippen molar-refractivity contribution in [2.24, 2.45) is 0 Å². The van der Waals surface area contributed by atoms with Crippen molar-refractivity contribution in [1.29, 1.82) is 0 Å². The highest BCUT2D eigenvalue weighted by Gasteiger charge is 2.36. The van der Waals surface area contributed by atoms with Gasteiger partial charge in [0.05, 0.1) is 32.9 Å². The fourth-order valence-corrected chi connectivity index (χ4v) is 4.18. The van der Waals surface area contributed by atoms with Gasteiger partial charge in [-0.25, -0.2) is 4.39 Å². The Bertz CT molecular complexity index is 1170. The van der Waals surface area contributed by atoms with Crippen LogP contribution in [0.4, 0.5) is 4.39 Å². The smallest absolute Gasteiger partial charge is 0.308 e. The van der Waals surface area contributed by atoms with E-state index in [0.29, 0.717) is 39.2 Å². The molecule has 1 aliphatic heterocycles. The molecule has 33 heavy (non-hydrogen) atoms. The Kier molecular flexibility index (Phi) is 6.80. The van der Waals surface area contributed by atoms with Crippen molar-refractivity contribution in [1.82, 2.24) is 14.8 Å². The number of para-hydroxylation sites is 1. The summed E-state index contributed by atoms with van der Waals surface area (Å²) in [5.74, 6) is 0.888. The summed E-state index contributed by atoms with van der Waals surface area (Å²) in [7, 11) is 3.07. The van der Waals surface area contributed by atoms with Crippen molar-refractivity contribution < 1.29 is 28.1 Å². The Morgan fingerprint density at radius 2 is 2.00 bits per heavy atom. The van der Waals surface area contributed by atoms with E-state index in [-0.39, 0.29) is 18.9 Å². The summed E-state index contributed by atoms with van der Waals surface area (Å²) in [4.78, 5) is 12.4. The normalized spacial score (nSPS) is 17.0. The van der Waals surface area contributed by atoms with Crippen LogP contribution >= 0.6 is 11.6 Å². The highest BCUT2D eigenvalue weighted by atomic mass is 35.5. The number of ether oxygens (including phenoxy) is 4. The summed E-state index contributed by atoms with van der Waals surface area (Å²) in [6.07, 6.45) is -1.75. The Hall–Kier alpha value is -3.17. The lowest BCUT2D eigenvalue weighted by atomic mass is 9.98. The van der Waals surface area contributed by atoms with Crippen molar-refractivity contribution >= 4 is 17.6 Å². The zero-order valence-electron chi connectivity index (χ0n) is 18.4. The van der Waals surface area contributed by atoms with Gasteiger partial charge in [0.1, 0.15) is 18.9 Å². The Labute approximate surface area is 195 Å². The minimum Gasteiger partial charge on any atom is -0.493 e. The van der Waals surface area contributed by atoms with Gasteiger partial charge in [0.2, 0.25) is 0 Å². The first-order valence-corrected chi connectivity index (χ1v) is 10.7. The number of benzene rings is 2. The summed E-state index contributed by atoms with van der Waals surface area (Å²) in [6.45, 7) is 1.09. The van der Waals surface area contributed by atoms with E-state index >= 15 is 0 Å². The number of halogens is 2. The van der Waals surface area contributed by atoms with Crippen LogP contribution in [-0.2, 0) is 20.9 Å². The van der Waals surface area contributed by atoms with Gasteiger partial charge < -0.3 is 18.9 Å². The SMILES string of the molecule is CCOC(=O)C[C@H]1O[C@H](c2cccc(OC)c2OC)c2cc(Cl)ccc2-n2c(CF)nnc21. The number of alkyl halides is 1. The number of fused-ring (bicyclic) bond motifs is 3. The number of hydrogen-bond acceptors (Lipinski definition) is 7. The standard InChI is InChI=1S/C23H23ClFN3O5/c1-4-32-20(29)11-18-23-27-26-19(12-25)28(23)16-9-8-13(24)10-15(16)21(33-18)14-6-5-7-17(30-2)22(14)31-3/h5-10,18,21H,4,11-12H2,1-3H3/t18-,21-/m1/s1. The van der Waals surface area contributed by atoms with E-state index < -0.39 is 24.9 Å². The molecule has 10 heteroatoms. The highest BCUT2D eigenvalue weighted by Crippen LogP contribution is 2.46. The van der Waals surface area contributed by atoms with Gasteiger partial charge in [-0.3, -0.25) is 9.36 Å². The molecule has 3 aromatic rings. The fourth-order valence-electron chi connectivity index (χ4n) is 4.00. The average molecular weight is 476 g/mol. The summed E-state index contributed by atoms with van der Waals surface area (Å²) < 4.78 is 38.2. The lowest BCUT2D eigenvalue weighted by Crippen LogP contribution is -2.17. The van der Waals surface area contributed by atoms with Gasteiger partial charge in [0.15, 0.2) is 23.1 Å². The van der Waals surface area contributed by atoms with Crippen LogP contribution in [0.5, 0.6) is 11.5 Å². The molecule has 4 rings (SSSR count). The van der Waals surface area contributed by atoms with E-state index in [2.05, 4.69) is 10.2 Å². The molecular weight excluding hydrogens is 453 g/mol. The minimum atomic E-state index is -0.871. The molecule has 174 valence electrons. The lowest BCUT2D eigenvalue weighted by Gasteiger charge is -2.24. The van der Waals surface area contributed by atoms with E-state index in [9.17, 15) is 9.18 Å². The zero-order chi connectivity index (χ0) is 23.5. The fraction of sp³-hybridized carbons (Fsp3) is 0.348. The topological polar surface area (TPSA) is 84.7 Å². The Balaban J connectivity index is 1.95. The molecule has 0 radical (unpaired) electrons. The number of rotatable bonds is 7. The van der Waals surface area contributed by atoms with Gasteiger partial charge in [-0.15, -0.1) is 10.2 Å². The van der Waals surface area contributed by atoms with Crippen molar-refractivity contribution in [3.63, 3.8) is 0 Å². The van der Waals surface area contributed by atoms with Gasteiger partial charge in [0, 0.05) is 16.1 Å². The first-order chi connectivity index (χ1) is 16.0. The Morgan fingerprint density at radius 1 is 1.18 bits per heavy atom. The van der Waals surface area contributed by atoms with E-state index in [1.807, 2.05) is 12.1 Å². The molecule has 0 saturated heterocycles. The molecule has 0 unspecified atom stereocenters. The number of hydrogen-bond donors (Lipinski definition) is 0. The van der Waals surface area contributed by atoms with Crippen LogP contribution in [-0.4, -0.2) is 41.6 Å². The molecule has 0 amide bonds. The monoisotopic (exact) mass is 475 g/mol. The molecular formula is C23H23ClFN3O5. The molecule has 0 fully saturated rings. The number of nitrogens with zero attached hydrogens (tertiary/aromatic N) is 3. The molecule has 2 atom stereocenters. The molecule has 2 aromatic carbocycles. The maximum absolute atomic E-state index is 13.9. The van der Waals surface area contributed by atoms with Crippen molar-refractivity contribution in [2.75, 3.05) is 20.8 Å². The van der Waals surface area contributed by atoms with E-state index in [0.717, 1.165) is 0 Å². The molecule has 0 bridgehead atoms. The highest BCUT2D eigenvalue weighted by molar-refractivity contribution is 6.30. The third-order valence-electron chi connectivity index (χ3n) is 5.35. The number of carbonyl (C=O) groups excluding carboxylic acids is 1. The van der Waals surface area contributed by atoms with E-state index in [1.54, 1.807) is 42.9 Å². The number of esters is 1. The van der Waals surface area contributed by atoms with Gasteiger partial charge in [-0.2, -0.15) is 0 Å². The second-order valence-corrected chi connectivity index (χ2v) is 7.68. The molecule has 0 N–H and O–H groups in total. The van der Waals surface area contributed by atoms with Gasteiger partial charge >= 0.3 is 5.97 Å². The van der Waals surface area contributed by atoms with Crippen LogP contribution in [0, 0.1) is 0 Å². The predicted molar refractivity (Wildman–Crippen MR) is 118 cm³/mol. The van der Waals surface area contributed by atoms with Crippen LogP contribution in [0.15, 0.2) is 36.4 Å². The minimum absolute atomic E-state index is 0.0873. The first-order valence-electron chi connectivity index (χ1n) is 10.3. The number of aromatic nitrogens is 3. The van der Waals surface area contributed by atoms with Crippen LogP contribution in [0.2, 0.25) is 5.02 Å². The van der Waals surface area contributed by atoms with Crippen LogP contribution < -0.4 is 9.47 Å². The first kappa shape index (κ1) is 23.0. The van der Waals surface area contributed by atoms with Crippen molar-refractivity contribution in [2.45, 2.75) is 32.2 Å². The third kappa shape index (κ3) is 4.26. The molecule has 0 aliphatic carbocycles. The number of methoxy groups -OCH3 is 2. The van der Waals surface area contributed by atoms with Crippen molar-refractivity contribution in [3.8, 4) is 17.2 Å². The largest absolute Gasteiger partial charge is 0.493 e. The van der Waals surface area contributed by atoms with E-state index in [4.69, 9.17) is 30.5 Å². The predicted octanol–water partition coefficient (Wildman–Crippen LogP) is 4.52. The molecule has 1 aliphatic rings. The molecule has 8 nitrogen and oxygen atoms in total. The molecule has 0 saturated carbocycles. The average Bonchev–Trinajstić information content (AvgIpc) is 3.20. The maximum atomic E-state index is 13.9. The van der Waals surface area contributed by atoms with Crippen LogP contribution in [0.3, 0.4) is 0 Å². The van der Waals surface area contributed by atoms with E-state index in [1.165, 1.54) is 7.11 Å². The molecule has 0 spiro atoms. The summed E-state index contributed by atoms with van der Waals surface area (Å²) >= 11 is 6.35. The van der Waals surface area contributed by atoms with Gasteiger partial charge in [-0.05, 0) is 31.2 Å². The molecule has 2 heterocycles.